The second-order valence-corrected chi connectivity index (χ2v) is 5.63. The van der Waals surface area contributed by atoms with Crippen LogP contribution in [0, 0.1) is 0 Å². The molecule has 120 valence electrons. The summed E-state index contributed by atoms with van der Waals surface area (Å²) in [5.41, 5.74) is 6.74. The van der Waals surface area contributed by atoms with Gasteiger partial charge in [-0.05, 0) is 38.1 Å². The van der Waals surface area contributed by atoms with Crippen LogP contribution >= 0.6 is 23.7 Å². The number of carbonyl (C=O) groups excluding carboxylic acids is 1. The predicted octanol–water partition coefficient (Wildman–Crippen LogP) is 2.71. The van der Waals surface area contributed by atoms with Gasteiger partial charge in [0.15, 0.2) is 0 Å². The summed E-state index contributed by atoms with van der Waals surface area (Å²) in [6.45, 7) is 4.84. The first-order valence-corrected chi connectivity index (χ1v) is 7.69. The van der Waals surface area contributed by atoms with E-state index in [0.717, 1.165) is 16.3 Å². The molecule has 0 unspecified atom stereocenters. The van der Waals surface area contributed by atoms with E-state index in [1.54, 1.807) is 5.38 Å². The number of amides is 1. The van der Waals surface area contributed by atoms with Gasteiger partial charge in [0.25, 0.3) is 5.91 Å². The van der Waals surface area contributed by atoms with Crippen LogP contribution in [-0.4, -0.2) is 30.1 Å². The van der Waals surface area contributed by atoms with Crippen molar-refractivity contribution < 1.29 is 9.53 Å². The van der Waals surface area contributed by atoms with Gasteiger partial charge in [0, 0.05) is 24.0 Å². The molecule has 0 spiro atoms. The molecular formula is C15H20ClN3O2S. The van der Waals surface area contributed by atoms with Crippen molar-refractivity contribution in [2.45, 2.75) is 20.0 Å². The zero-order valence-corrected chi connectivity index (χ0v) is 14.2. The van der Waals surface area contributed by atoms with Crippen molar-refractivity contribution in [2.24, 2.45) is 5.73 Å². The first-order chi connectivity index (χ1) is 10.1. The van der Waals surface area contributed by atoms with Crippen LogP contribution in [-0.2, 0) is 0 Å². The summed E-state index contributed by atoms with van der Waals surface area (Å²) in [6, 6.07) is 7.70. The van der Waals surface area contributed by atoms with E-state index in [1.807, 2.05) is 38.1 Å². The lowest BCUT2D eigenvalue weighted by Crippen LogP contribution is -2.29. The lowest BCUT2D eigenvalue weighted by atomic mass is 10.2. The van der Waals surface area contributed by atoms with Crippen molar-refractivity contribution in [1.29, 1.82) is 0 Å². The number of benzene rings is 1. The van der Waals surface area contributed by atoms with Gasteiger partial charge in [-0.15, -0.1) is 23.7 Å². The third-order valence-corrected chi connectivity index (χ3v) is 3.53. The highest BCUT2D eigenvalue weighted by Crippen LogP contribution is 2.26. The first kappa shape index (κ1) is 18.4. The number of nitrogens with one attached hydrogen (secondary N) is 1. The second kappa shape index (κ2) is 8.73. The fraction of sp³-hybridized carbons (Fsp3) is 0.333. The Labute approximate surface area is 140 Å². The van der Waals surface area contributed by atoms with Crippen LogP contribution in [0.2, 0.25) is 0 Å². The zero-order valence-electron chi connectivity index (χ0n) is 12.5. The van der Waals surface area contributed by atoms with Gasteiger partial charge in [0.1, 0.15) is 16.5 Å². The molecule has 0 aliphatic rings. The largest absolute Gasteiger partial charge is 0.491 e. The molecule has 0 aliphatic carbocycles. The summed E-state index contributed by atoms with van der Waals surface area (Å²) < 4.78 is 5.60. The van der Waals surface area contributed by atoms with E-state index in [1.165, 1.54) is 11.3 Å². The molecule has 5 nitrogen and oxygen atoms in total. The Morgan fingerprint density at radius 3 is 2.64 bits per heavy atom. The molecule has 1 aromatic carbocycles. The van der Waals surface area contributed by atoms with Crippen molar-refractivity contribution in [3.8, 4) is 16.3 Å². The number of hydrogen-bond donors (Lipinski definition) is 2. The minimum Gasteiger partial charge on any atom is -0.491 e. The number of nitrogens with zero attached hydrogens (tertiary/aromatic N) is 1. The Morgan fingerprint density at radius 1 is 1.36 bits per heavy atom. The van der Waals surface area contributed by atoms with Crippen LogP contribution < -0.4 is 15.8 Å². The van der Waals surface area contributed by atoms with Crippen LogP contribution in [0.3, 0.4) is 0 Å². The molecule has 0 fully saturated rings. The molecule has 0 bridgehead atoms. The predicted molar refractivity (Wildman–Crippen MR) is 91.9 cm³/mol. The zero-order chi connectivity index (χ0) is 15.2. The minimum atomic E-state index is -0.192. The molecule has 0 saturated carbocycles. The molecule has 3 N–H and O–H groups in total. The number of nitrogens with two attached hydrogens (primary N) is 1. The molecule has 22 heavy (non-hydrogen) atoms. The number of hydrogen-bond acceptors (Lipinski definition) is 5. The van der Waals surface area contributed by atoms with Gasteiger partial charge in [0.05, 0.1) is 6.10 Å². The van der Waals surface area contributed by atoms with Crippen LogP contribution in [0.15, 0.2) is 29.6 Å². The number of thiazole rings is 1. The van der Waals surface area contributed by atoms with Gasteiger partial charge in [-0.2, -0.15) is 0 Å². The Bertz CT molecular complexity index is 599. The topological polar surface area (TPSA) is 77.2 Å². The van der Waals surface area contributed by atoms with Crippen molar-refractivity contribution in [3.05, 3.63) is 35.3 Å². The maximum atomic E-state index is 11.8. The lowest BCUT2D eigenvalue weighted by Gasteiger charge is -2.09. The molecule has 7 heteroatoms. The highest BCUT2D eigenvalue weighted by Gasteiger charge is 2.11. The smallest absolute Gasteiger partial charge is 0.270 e. The molecule has 0 radical (unpaired) electrons. The molecule has 0 saturated heterocycles. The van der Waals surface area contributed by atoms with E-state index in [-0.39, 0.29) is 24.4 Å². The SMILES string of the molecule is CC(C)Oc1ccc(-c2nc(C(=O)NCCN)cs2)cc1.Cl. The van der Waals surface area contributed by atoms with Crippen molar-refractivity contribution in [3.63, 3.8) is 0 Å². The Kier molecular flexibility index (Phi) is 7.31. The van der Waals surface area contributed by atoms with Crippen molar-refractivity contribution in [2.75, 3.05) is 13.1 Å². The molecule has 1 heterocycles. The quantitative estimate of drug-likeness (QED) is 0.846. The summed E-state index contributed by atoms with van der Waals surface area (Å²) in [6.07, 6.45) is 0.147. The van der Waals surface area contributed by atoms with E-state index in [0.29, 0.717) is 18.8 Å². The Hall–Kier alpha value is -1.63. The Morgan fingerprint density at radius 2 is 2.05 bits per heavy atom. The molecule has 0 aliphatic heterocycles. The monoisotopic (exact) mass is 341 g/mol. The van der Waals surface area contributed by atoms with Gasteiger partial charge in [-0.25, -0.2) is 4.98 Å². The van der Waals surface area contributed by atoms with Crippen molar-refractivity contribution >= 4 is 29.7 Å². The number of rotatable bonds is 6. The van der Waals surface area contributed by atoms with Gasteiger partial charge in [-0.1, -0.05) is 0 Å². The lowest BCUT2D eigenvalue weighted by molar-refractivity contribution is 0.0950. The number of aromatic nitrogens is 1. The average Bonchev–Trinajstić information content (AvgIpc) is 2.95. The summed E-state index contributed by atoms with van der Waals surface area (Å²) in [7, 11) is 0. The normalized spacial score (nSPS) is 10.2. The summed E-state index contributed by atoms with van der Waals surface area (Å²) >= 11 is 1.44. The average molecular weight is 342 g/mol. The number of ether oxygens (including phenoxy) is 1. The van der Waals surface area contributed by atoms with Gasteiger partial charge in [0.2, 0.25) is 0 Å². The second-order valence-electron chi connectivity index (χ2n) is 4.77. The summed E-state index contributed by atoms with van der Waals surface area (Å²) in [5.74, 6) is 0.633. The van der Waals surface area contributed by atoms with E-state index < -0.39 is 0 Å². The van der Waals surface area contributed by atoms with Crippen molar-refractivity contribution in [1.82, 2.24) is 10.3 Å². The van der Waals surface area contributed by atoms with Crippen LogP contribution in [0.1, 0.15) is 24.3 Å². The molecule has 1 aromatic heterocycles. The number of carbonyl (C=O) groups is 1. The molecule has 2 rings (SSSR count). The number of halogens is 1. The van der Waals surface area contributed by atoms with Crippen LogP contribution in [0.4, 0.5) is 0 Å². The highest BCUT2D eigenvalue weighted by molar-refractivity contribution is 7.13. The summed E-state index contributed by atoms with van der Waals surface area (Å²) in [4.78, 5) is 16.1. The molecule has 1 amide bonds. The van der Waals surface area contributed by atoms with Gasteiger partial charge >= 0.3 is 0 Å². The molecule has 0 atom stereocenters. The standard InChI is InChI=1S/C15H19N3O2S.ClH/c1-10(2)20-12-5-3-11(4-6-12)15-18-13(9-21-15)14(19)17-8-7-16;/h3-6,9-10H,7-8,16H2,1-2H3,(H,17,19);1H. The van der Waals surface area contributed by atoms with Crippen LogP contribution in [0.5, 0.6) is 5.75 Å². The van der Waals surface area contributed by atoms with E-state index in [4.69, 9.17) is 10.5 Å². The third-order valence-electron chi connectivity index (χ3n) is 2.64. The minimum absolute atomic E-state index is 0. The molecular weight excluding hydrogens is 322 g/mol. The van der Waals surface area contributed by atoms with Gasteiger partial charge in [-0.3, -0.25) is 4.79 Å². The highest BCUT2D eigenvalue weighted by atomic mass is 35.5. The fourth-order valence-electron chi connectivity index (χ4n) is 1.74. The first-order valence-electron chi connectivity index (χ1n) is 6.81. The Balaban J connectivity index is 0.00000242. The van der Waals surface area contributed by atoms with E-state index in [9.17, 15) is 4.79 Å². The maximum absolute atomic E-state index is 11.8. The molecule has 2 aromatic rings. The third kappa shape index (κ3) is 4.98. The fourth-order valence-corrected chi connectivity index (χ4v) is 2.54. The van der Waals surface area contributed by atoms with E-state index >= 15 is 0 Å². The van der Waals surface area contributed by atoms with Crippen LogP contribution in [0.25, 0.3) is 10.6 Å². The maximum Gasteiger partial charge on any atom is 0.270 e. The van der Waals surface area contributed by atoms with E-state index in [2.05, 4.69) is 10.3 Å². The summed E-state index contributed by atoms with van der Waals surface area (Å²) in [5, 5.41) is 5.26. The van der Waals surface area contributed by atoms with Gasteiger partial charge < -0.3 is 15.8 Å².